The van der Waals surface area contributed by atoms with Gasteiger partial charge in [-0.05, 0) is 71.8 Å². The number of rotatable bonds is 3. The molecule has 0 aliphatic heterocycles. The first-order valence-electron chi connectivity index (χ1n) is 6.74. The molecule has 0 unspecified atom stereocenters. The van der Waals surface area contributed by atoms with Gasteiger partial charge in [0.1, 0.15) is 0 Å². The fraction of sp³-hybridized carbons (Fsp3) is 0.294. The first kappa shape index (κ1) is 17.5. The Bertz CT molecular complexity index is 567. The van der Waals surface area contributed by atoms with E-state index in [1.165, 1.54) is 19.6 Å². The van der Waals surface area contributed by atoms with Gasteiger partial charge in [0.05, 0.1) is 6.61 Å². The van der Waals surface area contributed by atoms with Gasteiger partial charge in [-0.1, -0.05) is 43.3 Å². The molecule has 0 aliphatic carbocycles. The number of aryl methyl sites for hydroxylation is 2. The van der Waals surface area contributed by atoms with Crippen LogP contribution in [0.3, 0.4) is 0 Å². The number of aliphatic hydroxyl groups is 1. The summed E-state index contributed by atoms with van der Waals surface area (Å²) in [6.07, 6.45) is 0. The van der Waals surface area contributed by atoms with E-state index in [2.05, 4.69) is 59.8 Å². The van der Waals surface area contributed by atoms with Gasteiger partial charge in [0.15, 0.2) is 0 Å². The maximum Gasteiger partial charge on any atom is 0.0692 e. The summed E-state index contributed by atoms with van der Waals surface area (Å²) in [5.41, 5.74) is 3.46. The third-order valence-electron chi connectivity index (χ3n) is 2.74. The van der Waals surface area contributed by atoms with Gasteiger partial charge >= 0.3 is 0 Å². The first-order chi connectivity index (χ1) is 9.60. The van der Waals surface area contributed by atoms with Crippen molar-refractivity contribution in [1.29, 1.82) is 0 Å². The second-order valence-corrected chi connectivity index (χ2v) is 6.61. The molecule has 0 amide bonds. The molecule has 1 N–H and O–H groups in total. The highest BCUT2D eigenvalue weighted by molar-refractivity contribution is 14.1. The van der Waals surface area contributed by atoms with Crippen LogP contribution in [0.4, 0.5) is 0 Å². The zero-order valence-electron chi connectivity index (χ0n) is 12.4. The molecule has 1 nitrogen and oxygen atoms in total. The number of hydrogen-bond donors (Lipinski definition) is 1. The molecule has 3 heteroatoms. The quantitative estimate of drug-likeness (QED) is 0.679. The minimum atomic E-state index is 0.0907. The van der Waals surface area contributed by atoms with Crippen LogP contribution in [-0.2, 0) is 6.61 Å². The lowest BCUT2D eigenvalue weighted by Crippen LogP contribution is -1.90. The van der Waals surface area contributed by atoms with Crippen molar-refractivity contribution in [2.24, 2.45) is 0 Å². The van der Waals surface area contributed by atoms with Gasteiger partial charge in [0, 0.05) is 13.4 Å². The molecule has 0 aliphatic rings. The number of aliphatic hydroxyl groups excluding tert-OH is 1. The Labute approximate surface area is 139 Å². The molecule has 0 atom stereocenters. The highest BCUT2D eigenvalue weighted by atomic mass is 127. The van der Waals surface area contributed by atoms with Crippen molar-refractivity contribution in [3.8, 4) is 0 Å². The lowest BCUT2D eigenvalue weighted by atomic mass is 10.1. The first-order valence-corrected chi connectivity index (χ1v) is 8.64. The Morgan fingerprint density at radius 3 is 2.25 bits per heavy atom. The highest BCUT2D eigenvalue weighted by Crippen LogP contribution is 2.33. The van der Waals surface area contributed by atoms with Crippen LogP contribution >= 0.6 is 34.4 Å². The number of benzene rings is 2. The molecule has 0 spiro atoms. The van der Waals surface area contributed by atoms with Crippen molar-refractivity contribution in [2.75, 3.05) is 0 Å². The summed E-state index contributed by atoms with van der Waals surface area (Å²) in [6, 6.07) is 12.7. The summed E-state index contributed by atoms with van der Waals surface area (Å²) in [4.78, 5) is 2.38. The van der Waals surface area contributed by atoms with E-state index < -0.39 is 0 Å². The lowest BCUT2D eigenvalue weighted by molar-refractivity contribution is 0.279. The van der Waals surface area contributed by atoms with Gasteiger partial charge in [0.2, 0.25) is 0 Å². The molecule has 0 bridgehead atoms. The zero-order valence-corrected chi connectivity index (χ0v) is 15.4. The van der Waals surface area contributed by atoms with Gasteiger partial charge in [-0.3, -0.25) is 0 Å². The van der Waals surface area contributed by atoms with Crippen LogP contribution in [0.25, 0.3) is 0 Å². The molecule has 2 aromatic rings. The van der Waals surface area contributed by atoms with Crippen molar-refractivity contribution >= 4 is 34.4 Å². The van der Waals surface area contributed by atoms with Crippen LogP contribution in [0.15, 0.2) is 46.2 Å². The Hall–Kier alpha value is -0.520. The Morgan fingerprint density at radius 2 is 1.65 bits per heavy atom. The SMILES string of the molecule is CC.Cc1ccc(Sc2ccc(I)cc2C)c(CO)c1. The van der Waals surface area contributed by atoms with E-state index in [0.29, 0.717) is 0 Å². The van der Waals surface area contributed by atoms with Crippen LogP contribution in [-0.4, -0.2) is 5.11 Å². The van der Waals surface area contributed by atoms with E-state index >= 15 is 0 Å². The molecular formula is C17H21IOS. The standard InChI is InChI=1S/C15H15IOS.C2H6/c1-10-3-5-15(12(7-10)9-17)18-14-6-4-13(16)8-11(14)2;1-2/h3-8,17H,9H2,1-2H3;1-2H3. The predicted octanol–water partition coefficient (Wildman–Crippen LogP) is 5.58. The summed E-state index contributed by atoms with van der Waals surface area (Å²) >= 11 is 4.04. The molecule has 0 radical (unpaired) electrons. The van der Waals surface area contributed by atoms with Crippen LogP contribution in [0.2, 0.25) is 0 Å². The summed E-state index contributed by atoms with van der Waals surface area (Å²) in [5.74, 6) is 0. The van der Waals surface area contributed by atoms with Crippen LogP contribution < -0.4 is 0 Å². The second-order valence-electron chi connectivity index (χ2n) is 4.28. The van der Waals surface area contributed by atoms with Crippen molar-refractivity contribution < 1.29 is 5.11 Å². The van der Waals surface area contributed by atoms with Gasteiger partial charge < -0.3 is 5.11 Å². The molecule has 2 rings (SSSR count). The minimum absolute atomic E-state index is 0.0907. The van der Waals surface area contributed by atoms with Crippen LogP contribution in [0, 0.1) is 17.4 Å². The Kier molecular flexibility index (Phi) is 7.62. The van der Waals surface area contributed by atoms with Crippen molar-refractivity contribution in [2.45, 2.75) is 44.1 Å². The second kappa shape index (κ2) is 8.70. The van der Waals surface area contributed by atoms with Gasteiger partial charge in [-0.15, -0.1) is 0 Å². The molecule has 108 valence electrons. The number of halogens is 1. The normalized spacial score (nSPS) is 9.90. The van der Waals surface area contributed by atoms with E-state index in [-0.39, 0.29) is 6.61 Å². The number of hydrogen-bond acceptors (Lipinski definition) is 2. The van der Waals surface area contributed by atoms with E-state index in [4.69, 9.17) is 0 Å². The molecule has 20 heavy (non-hydrogen) atoms. The molecular weight excluding hydrogens is 379 g/mol. The molecule has 2 aromatic carbocycles. The largest absolute Gasteiger partial charge is 0.392 e. The topological polar surface area (TPSA) is 20.2 Å². The molecule has 0 saturated carbocycles. The maximum absolute atomic E-state index is 9.42. The maximum atomic E-state index is 9.42. The fourth-order valence-corrected chi connectivity index (χ4v) is 3.41. The van der Waals surface area contributed by atoms with E-state index in [1.807, 2.05) is 26.8 Å². The predicted molar refractivity (Wildman–Crippen MR) is 96.5 cm³/mol. The van der Waals surface area contributed by atoms with Crippen molar-refractivity contribution in [1.82, 2.24) is 0 Å². The summed E-state index contributed by atoms with van der Waals surface area (Å²) in [6.45, 7) is 8.26. The Balaban J connectivity index is 0.000000956. The third kappa shape index (κ3) is 4.79. The molecule has 0 aromatic heterocycles. The summed E-state index contributed by atoms with van der Waals surface area (Å²) < 4.78 is 1.25. The third-order valence-corrected chi connectivity index (χ3v) is 4.71. The minimum Gasteiger partial charge on any atom is -0.392 e. The average molecular weight is 400 g/mol. The van der Waals surface area contributed by atoms with E-state index in [1.54, 1.807) is 11.8 Å². The van der Waals surface area contributed by atoms with E-state index in [0.717, 1.165) is 10.5 Å². The van der Waals surface area contributed by atoms with Gasteiger partial charge in [0.25, 0.3) is 0 Å². The average Bonchev–Trinajstić information content (AvgIpc) is 2.45. The Morgan fingerprint density at radius 1 is 1.00 bits per heavy atom. The molecule has 0 fully saturated rings. The molecule has 0 saturated heterocycles. The fourth-order valence-electron chi connectivity index (χ4n) is 1.78. The van der Waals surface area contributed by atoms with Crippen molar-refractivity contribution in [3.05, 3.63) is 56.7 Å². The monoisotopic (exact) mass is 400 g/mol. The van der Waals surface area contributed by atoms with Gasteiger partial charge in [-0.2, -0.15) is 0 Å². The van der Waals surface area contributed by atoms with E-state index in [9.17, 15) is 5.11 Å². The van der Waals surface area contributed by atoms with Crippen molar-refractivity contribution in [3.63, 3.8) is 0 Å². The van der Waals surface area contributed by atoms with Crippen LogP contribution in [0.5, 0.6) is 0 Å². The van der Waals surface area contributed by atoms with Gasteiger partial charge in [-0.25, -0.2) is 0 Å². The smallest absolute Gasteiger partial charge is 0.0692 e. The lowest BCUT2D eigenvalue weighted by Gasteiger charge is -2.10. The summed E-state index contributed by atoms with van der Waals surface area (Å²) in [7, 11) is 0. The molecule has 0 heterocycles. The van der Waals surface area contributed by atoms with Crippen LogP contribution in [0.1, 0.15) is 30.5 Å². The highest BCUT2D eigenvalue weighted by Gasteiger charge is 2.06. The summed E-state index contributed by atoms with van der Waals surface area (Å²) in [5, 5.41) is 9.42. The zero-order chi connectivity index (χ0) is 15.1.